The molecule has 0 unspecified atom stereocenters. The fourth-order valence-electron chi connectivity index (χ4n) is 3.38. The van der Waals surface area contributed by atoms with Crippen LogP contribution in [-0.2, 0) is 4.79 Å². The van der Waals surface area contributed by atoms with Crippen LogP contribution >= 0.6 is 0 Å². The predicted octanol–water partition coefficient (Wildman–Crippen LogP) is 3.59. The van der Waals surface area contributed by atoms with E-state index in [1.54, 1.807) is 24.3 Å². The van der Waals surface area contributed by atoms with Gasteiger partial charge in [0, 0.05) is 30.5 Å². The molecule has 1 fully saturated rings. The Hall–Kier alpha value is -3.46. The zero-order valence-corrected chi connectivity index (χ0v) is 17.7. The second-order valence-electron chi connectivity index (χ2n) is 7.24. The third-order valence-corrected chi connectivity index (χ3v) is 5.11. The molecule has 0 radical (unpaired) electrons. The molecule has 1 aliphatic rings. The first-order valence-corrected chi connectivity index (χ1v) is 10.4. The number of carbonyl (C=O) groups excluding carboxylic acids is 1. The minimum absolute atomic E-state index is 0.0833. The number of ether oxygens (including phenoxy) is 1. The van der Waals surface area contributed by atoms with E-state index in [1.165, 1.54) is 6.34 Å². The Morgan fingerprint density at radius 1 is 1.13 bits per heavy atom. The third-order valence-electron chi connectivity index (χ3n) is 5.11. The molecule has 1 aliphatic heterocycles. The second-order valence-corrected chi connectivity index (χ2v) is 7.24. The predicted molar refractivity (Wildman–Crippen MR) is 123 cm³/mol. The van der Waals surface area contributed by atoms with Crippen molar-refractivity contribution in [3.8, 4) is 5.75 Å². The summed E-state index contributed by atoms with van der Waals surface area (Å²) in [7, 11) is 0. The number of hydrogen-bond acceptors (Lipinski definition) is 6. The highest BCUT2D eigenvalue weighted by atomic mass is 16.5. The number of amides is 1. The highest BCUT2D eigenvalue weighted by Crippen LogP contribution is 2.20. The Bertz CT molecular complexity index is 874. The summed E-state index contributed by atoms with van der Waals surface area (Å²) in [5.41, 5.74) is 2.48. The lowest BCUT2D eigenvalue weighted by Gasteiger charge is -2.32. The first-order valence-electron chi connectivity index (χ1n) is 10.4. The van der Waals surface area contributed by atoms with E-state index < -0.39 is 0 Å². The van der Waals surface area contributed by atoms with Crippen LogP contribution in [0.15, 0.2) is 63.9 Å². The number of nitrogens with two attached hydrogens (primary N) is 1. The number of nitrogens with zero attached hydrogens (tertiary/aromatic N) is 4. The van der Waals surface area contributed by atoms with Gasteiger partial charge in [0.25, 0.3) is 5.91 Å². The molecule has 9 heteroatoms. The number of anilines is 2. The van der Waals surface area contributed by atoms with Gasteiger partial charge in [0.05, 0.1) is 5.69 Å². The summed E-state index contributed by atoms with van der Waals surface area (Å²) < 4.78 is 5.52. The molecule has 9 nitrogen and oxygen atoms in total. The van der Waals surface area contributed by atoms with Crippen LogP contribution < -0.4 is 21.2 Å². The fourth-order valence-corrected chi connectivity index (χ4v) is 3.38. The van der Waals surface area contributed by atoms with Gasteiger partial charge in [-0.3, -0.25) is 4.79 Å². The molecule has 164 valence electrons. The number of rotatable bonds is 9. The molecule has 0 aromatic heterocycles. The van der Waals surface area contributed by atoms with Crippen molar-refractivity contribution in [3.05, 3.63) is 48.5 Å². The van der Waals surface area contributed by atoms with Gasteiger partial charge in [-0.25, -0.2) is 4.99 Å². The summed E-state index contributed by atoms with van der Waals surface area (Å²) in [6.07, 6.45) is 3.55. The Morgan fingerprint density at radius 2 is 1.81 bits per heavy atom. The first-order chi connectivity index (χ1) is 15.2. The van der Waals surface area contributed by atoms with Gasteiger partial charge in [-0.05, 0) is 67.9 Å². The maximum Gasteiger partial charge on any atom is 0.262 e. The lowest BCUT2D eigenvalue weighted by molar-refractivity contribution is -0.118. The van der Waals surface area contributed by atoms with Crippen molar-refractivity contribution in [1.29, 1.82) is 0 Å². The number of nitrogens with one attached hydrogen (secondary N) is 2. The SMILES string of the molecule is CCN1CCC(Nc2ccc(NC(=O)COc3ccc(N=CN=NN)cc3)cc2)CC1. The number of likely N-dealkylation sites (tertiary alicyclic amines) is 1. The summed E-state index contributed by atoms with van der Waals surface area (Å²) in [5, 5.41) is 13.0. The van der Waals surface area contributed by atoms with E-state index in [2.05, 4.69) is 37.8 Å². The summed E-state index contributed by atoms with van der Waals surface area (Å²) in [6, 6.07) is 15.2. The van der Waals surface area contributed by atoms with Crippen LogP contribution in [0, 0.1) is 0 Å². The quantitative estimate of drug-likeness (QED) is 0.187. The van der Waals surface area contributed by atoms with E-state index in [0.29, 0.717) is 17.5 Å². The van der Waals surface area contributed by atoms with E-state index in [9.17, 15) is 4.79 Å². The van der Waals surface area contributed by atoms with Crippen molar-refractivity contribution in [2.24, 2.45) is 21.2 Å². The topological polar surface area (TPSA) is 117 Å². The van der Waals surface area contributed by atoms with Crippen LogP contribution in [0.3, 0.4) is 0 Å². The lowest BCUT2D eigenvalue weighted by Crippen LogP contribution is -2.38. The Balaban J connectivity index is 1.41. The van der Waals surface area contributed by atoms with E-state index in [-0.39, 0.29) is 12.5 Å². The normalized spacial score (nSPS) is 15.4. The molecule has 0 aliphatic carbocycles. The van der Waals surface area contributed by atoms with Gasteiger partial charge >= 0.3 is 0 Å². The molecule has 31 heavy (non-hydrogen) atoms. The molecule has 0 bridgehead atoms. The molecule has 1 saturated heterocycles. The molecular formula is C22H29N7O2. The van der Waals surface area contributed by atoms with E-state index in [1.807, 2.05) is 24.3 Å². The van der Waals surface area contributed by atoms with Crippen LogP contribution in [0.2, 0.25) is 0 Å². The Kier molecular flexibility index (Phi) is 8.36. The minimum atomic E-state index is -0.224. The van der Waals surface area contributed by atoms with Gasteiger partial charge in [-0.1, -0.05) is 12.1 Å². The van der Waals surface area contributed by atoms with Gasteiger partial charge < -0.3 is 26.1 Å². The standard InChI is InChI=1S/C22H29N7O2/c1-2-29-13-11-20(12-14-29)26-18-3-5-19(6-4-18)27-22(30)15-31-21-9-7-17(8-10-21)24-16-25-28-23/h3-10,16,20,26H,2,11-15H2,1H3,(H,27,30)(H2,23,24,25). The maximum absolute atomic E-state index is 12.2. The molecule has 0 spiro atoms. The lowest BCUT2D eigenvalue weighted by atomic mass is 10.0. The zero-order valence-electron chi connectivity index (χ0n) is 17.7. The van der Waals surface area contributed by atoms with E-state index >= 15 is 0 Å². The van der Waals surface area contributed by atoms with Crippen molar-refractivity contribution in [3.63, 3.8) is 0 Å². The number of piperidine rings is 1. The molecule has 4 N–H and O–H groups in total. The highest BCUT2D eigenvalue weighted by Gasteiger charge is 2.17. The van der Waals surface area contributed by atoms with E-state index in [4.69, 9.17) is 10.6 Å². The maximum atomic E-state index is 12.2. The van der Waals surface area contributed by atoms with Crippen molar-refractivity contribution in [2.75, 3.05) is 36.9 Å². The van der Waals surface area contributed by atoms with Crippen LogP contribution in [-0.4, -0.2) is 49.4 Å². The minimum Gasteiger partial charge on any atom is -0.484 e. The van der Waals surface area contributed by atoms with Crippen molar-refractivity contribution >= 4 is 29.3 Å². The van der Waals surface area contributed by atoms with E-state index in [0.717, 1.165) is 43.9 Å². The number of hydrogen-bond donors (Lipinski definition) is 3. The van der Waals surface area contributed by atoms with Gasteiger partial charge in [-0.2, -0.15) is 0 Å². The molecule has 1 heterocycles. The average Bonchev–Trinajstić information content (AvgIpc) is 2.80. The number of benzene rings is 2. The van der Waals surface area contributed by atoms with Crippen molar-refractivity contribution in [1.82, 2.24) is 4.90 Å². The van der Waals surface area contributed by atoms with Crippen LogP contribution in [0.1, 0.15) is 19.8 Å². The van der Waals surface area contributed by atoms with Gasteiger partial charge in [-0.15, -0.1) is 5.11 Å². The molecule has 1 amide bonds. The smallest absolute Gasteiger partial charge is 0.262 e. The van der Waals surface area contributed by atoms with Gasteiger partial charge in [0.2, 0.25) is 0 Å². The Labute approximate surface area is 182 Å². The second kappa shape index (κ2) is 11.7. The summed E-state index contributed by atoms with van der Waals surface area (Å²) in [6.45, 7) is 5.51. The fraction of sp³-hybridized carbons (Fsp3) is 0.364. The van der Waals surface area contributed by atoms with Crippen LogP contribution in [0.5, 0.6) is 5.75 Å². The average molecular weight is 424 g/mol. The van der Waals surface area contributed by atoms with Crippen LogP contribution in [0.25, 0.3) is 0 Å². The van der Waals surface area contributed by atoms with Gasteiger partial charge in [0.1, 0.15) is 12.1 Å². The molecule has 0 saturated carbocycles. The Morgan fingerprint density at radius 3 is 2.45 bits per heavy atom. The van der Waals surface area contributed by atoms with Gasteiger partial charge in [0.15, 0.2) is 6.61 Å². The number of aliphatic imine (C=N–C) groups is 1. The zero-order chi connectivity index (χ0) is 21.9. The third kappa shape index (κ3) is 7.38. The molecule has 2 aromatic rings. The molecule has 3 rings (SSSR count). The largest absolute Gasteiger partial charge is 0.484 e. The van der Waals surface area contributed by atoms with Crippen molar-refractivity contribution in [2.45, 2.75) is 25.8 Å². The summed E-state index contributed by atoms with van der Waals surface area (Å²) in [4.78, 5) is 18.7. The highest BCUT2D eigenvalue weighted by molar-refractivity contribution is 5.92. The summed E-state index contributed by atoms with van der Waals surface area (Å²) in [5.74, 6) is 5.25. The van der Waals surface area contributed by atoms with Crippen LogP contribution in [0.4, 0.5) is 17.1 Å². The monoisotopic (exact) mass is 423 g/mol. The van der Waals surface area contributed by atoms with Crippen molar-refractivity contribution < 1.29 is 9.53 Å². The molecular weight excluding hydrogens is 394 g/mol. The molecule has 0 atom stereocenters. The number of carbonyl (C=O) groups is 1. The summed E-state index contributed by atoms with van der Waals surface area (Å²) >= 11 is 0. The first kappa shape index (κ1) is 22.2. The molecule has 2 aromatic carbocycles.